The lowest BCUT2D eigenvalue weighted by molar-refractivity contribution is 0.516. The summed E-state index contributed by atoms with van der Waals surface area (Å²) in [6.07, 6.45) is 3.78. The van der Waals surface area contributed by atoms with E-state index < -0.39 is 0 Å². The highest BCUT2D eigenvalue weighted by molar-refractivity contribution is 7.19. The van der Waals surface area contributed by atoms with Crippen molar-refractivity contribution >= 4 is 50.1 Å². The van der Waals surface area contributed by atoms with Gasteiger partial charge in [-0.25, -0.2) is 15.0 Å². The van der Waals surface area contributed by atoms with Crippen molar-refractivity contribution in [1.82, 2.24) is 34.9 Å². The molecule has 4 aromatic heterocycles. The first kappa shape index (κ1) is 20.5. The van der Waals surface area contributed by atoms with E-state index in [1.165, 1.54) is 0 Å². The highest BCUT2D eigenvalue weighted by atomic mass is 35.5. The summed E-state index contributed by atoms with van der Waals surface area (Å²) in [5, 5.41) is 13.8. The number of nitrogens with zero attached hydrogens (tertiary/aromatic N) is 7. The summed E-state index contributed by atoms with van der Waals surface area (Å²) in [6, 6.07) is 6.00. The molecule has 168 valence electrons. The maximum atomic E-state index is 6.74. The van der Waals surface area contributed by atoms with Crippen molar-refractivity contribution < 1.29 is 0 Å². The Bertz CT molecular complexity index is 1490. The molecular weight excluding hydrogens is 458 g/mol. The number of hydrogen-bond acceptors (Lipinski definition) is 8. The number of benzene rings is 1. The van der Waals surface area contributed by atoms with Crippen LogP contribution < -0.4 is 10.6 Å². The zero-order chi connectivity index (χ0) is 22.7. The third-order valence-electron chi connectivity index (χ3n) is 6.31. The number of thiazole rings is 1. The first-order chi connectivity index (χ1) is 16.0. The van der Waals surface area contributed by atoms with E-state index in [0.717, 1.165) is 51.1 Å². The number of anilines is 1. The Morgan fingerprint density at radius 3 is 2.91 bits per heavy atom. The van der Waals surface area contributed by atoms with Crippen molar-refractivity contribution in [3.8, 4) is 11.3 Å². The predicted molar refractivity (Wildman–Crippen MR) is 131 cm³/mol. The number of H-pyrrole nitrogens is 1. The zero-order valence-corrected chi connectivity index (χ0v) is 19.7. The normalized spacial score (nSPS) is 18.7. The lowest BCUT2D eigenvalue weighted by Gasteiger charge is -2.16. The smallest absolute Gasteiger partial charge is 0.202 e. The average Bonchev–Trinajstić information content (AvgIpc) is 3.58. The maximum Gasteiger partial charge on any atom is 0.202 e. The van der Waals surface area contributed by atoms with Gasteiger partial charge in [0.25, 0.3) is 0 Å². The third kappa shape index (κ3) is 3.36. The van der Waals surface area contributed by atoms with Crippen LogP contribution in [0.1, 0.15) is 16.6 Å². The number of rotatable bonds is 4. The Balaban J connectivity index is 1.34. The minimum absolute atomic E-state index is 0.261. The molecule has 0 amide bonds. The van der Waals surface area contributed by atoms with Crippen molar-refractivity contribution in [3.63, 3.8) is 0 Å². The molecule has 3 N–H and O–H groups in total. The van der Waals surface area contributed by atoms with Crippen LogP contribution in [0.3, 0.4) is 0 Å². The van der Waals surface area contributed by atoms with Crippen molar-refractivity contribution in [2.75, 3.05) is 24.5 Å². The minimum Gasteiger partial charge on any atom is -0.354 e. The topological polar surface area (TPSA) is 114 Å². The Labute approximate surface area is 198 Å². The van der Waals surface area contributed by atoms with Gasteiger partial charge in [-0.05, 0) is 37.6 Å². The van der Waals surface area contributed by atoms with E-state index >= 15 is 0 Å². The quantitative estimate of drug-likeness (QED) is 0.405. The highest BCUT2D eigenvalue weighted by Crippen LogP contribution is 2.39. The van der Waals surface area contributed by atoms with E-state index in [0.29, 0.717) is 28.6 Å². The number of hydrogen-bond donors (Lipinski definition) is 2. The second-order valence-electron chi connectivity index (χ2n) is 8.43. The summed E-state index contributed by atoms with van der Waals surface area (Å²) in [4.78, 5) is 16.3. The van der Waals surface area contributed by atoms with E-state index in [1.54, 1.807) is 17.5 Å². The Kier molecular flexibility index (Phi) is 4.82. The molecule has 5 aromatic rings. The molecule has 1 aliphatic rings. The Hall–Kier alpha value is -3.08. The molecule has 0 saturated carbocycles. The molecule has 0 spiro atoms. The summed E-state index contributed by atoms with van der Waals surface area (Å²) in [5.74, 6) is 1.36. The fourth-order valence-corrected chi connectivity index (χ4v) is 5.88. The number of nitrogens with one attached hydrogen (secondary N) is 1. The first-order valence-electron chi connectivity index (χ1n) is 10.7. The molecule has 0 bridgehead atoms. The highest BCUT2D eigenvalue weighted by Gasteiger charge is 2.35. The van der Waals surface area contributed by atoms with Gasteiger partial charge in [0.2, 0.25) is 5.65 Å². The Morgan fingerprint density at radius 2 is 2.12 bits per heavy atom. The molecule has 0 aliphatic carbocycles. The molecule has 11 heteroatoms. The Morgan fingerprint density at radius 1 is 1.24 bits per heavy atom. The van der Waals surface area contributed by atoms with Crippen LogP contribution in [0.15, 0.2) is 30.6 Å². The van der Waals surface area contributed by atoms with Gasteiger partial charge in [0.1, 0.15) is 11.3 Å². The maximum absolute atomic E-state index is 6.74. The van der Waals surface area contributed by atoms with E-state index in [2.05, 4.69) is 31.2 Å². The van der Waals surface area contributed by atoms with Gasteiger partial charge in [-0.2, -0.15) is 10.2 Å². The van der Waals surface area contributed by atoms with Crippen molar-refractivity contribution in [2.45, 2.75) is 12.8 Å². The van der Waals surface area contributed by atoms with Crippen LogP contribution in [0, 0.1) is 12.8 Å². The van der Waals surface area contributed by atoms with E-state index in [1.807, 2.05) is 37.0 Å². The van der Waals surface area contributed by atoms with Gasteiger partial charge in [0.05, 0.1) is 37.8 Å². The summed E-state index contributed by atoms with van der Waals surface area (Å²) in [7, 11) is 1.93. The molecule has 33 heavy (non-hydrogen) atoms. The van der Waals surface area contributed by atoms with Crippen molar-refractivity contribution in [1.29, 1.82) is 0 Å². The van der Waals surface area contributed by atoms with Crippen LogP contribution in [-0.4, -0.2) is 54.6 Å². The van der Waals surface area contributed by atoms with Crippen LogP contribution in [0.2, 0.25) is 5.02 Å². The third-order valence-corrected chi connectivity index (χ3v) is 7.82. The van der Waals surface area contributed by atoms with E-state index in [4.69, 9.17) is 27.3 Å². The van der Waals surface area contributed by atoms with Crippen LogP contribution >= 0.6 is 22.9 Å². The first-order valence-corrected chi connectivity index (χ1v) is 11.9. The largest absolute Gasteiger partial charge is 0.354 e. The van der Waals surface area contributed by atoms with Gasteiger partial charge in [-0.3, -0.25) is 9.78 Å². The van der Waals surface area contributed by atoms with Gasteiger partial charge in [-0.15, -0.1) is 11.3 Å². The van der Waals surface area contributed by atoms with Gasteiger partial charge in [0, 0.05) is 37.8 Å². The fraction of sp³-hybridized carbons (Fsp3) is 0.318. The lowest BCUT2D eigenvalue weighted by atomic mass is 9.93. The second-order valence-corrected chi connectivity index (χ2v) is 10.0. The summed E-state index contributed by atoms with van der Waals surface area (Å²) in [6.45, 7) is 4.18. The molecule has 1 fully saturated rings. The van der Waals surface area contributed by atoms with Gasteiger partial charge in [0.15, 0.2) is 0 Å². The summed E-state index contributed by atoms with van der Waals surface area (Å²) >= 11 is 8.32. The predicted octanol–water partition coefficient (Wildman–Crippen LogP) is 3.50. The van der Waals surface area contributed by atoms with E-state index in [9.17, 15) is 0 Å². The van der Waals surface area contributed by atoms with E-state index in [-0.39, 0.29) is 5.92 Å². The fourth-order valence-electron chi connectivity index (χ4n) is 4.65. The van der Waals surface area contributed by atoms with Gasteiger partial charge in [-0.1, -0.05) is 11.6 Å². The van der Waals surface area contributed by atoms with Crippen LogP contribution in [0.25, 0.3) is 32.6 Å². The number of halogens is 1. The van der Waals surface area contributed by atoms with Crippen molar-refractivity contribution in [3.05, 3.63) is 46.3 Å². The van der Waals surface area contributed by atoms with Crippen LogP contribution in [0.5, 0.6) is 0 Å². The lowest BCUT2D eigenvalue weighted by Crippen LogP contribution is -2.23. The number of fused-ring (bicyclic) bond motifs is 2. The zero-order valence-electron chi connectivity index (χ0n) is 18.2. The molecule has 0 radical (unpaired) electrons. The number of nitrogens with two attached hydrogens (primary N) is 1. The number of aromatic nitrogens is 7. The van der Waals surface area contributed by atoms with Crippen LogP contribution in [0.4, 0.5) is 5.82 Å². The van der Waals surface area contributed by atoms with Crippen LogP contribution in [-0.2, 0) is 7.05 Å². The average molecular weight is 480 g/mol. The standard InChI is InChI=1S/C22H22ClN9S/c1-11-26-16-4-3-13(18(23)21(16)33-11)19-20-22(29-28-19)27-17(8-25-20)32-9-12(7-24)14(10-32)15-5-6-31(2)30-15/h3-6,8,12,14H,7,9-10,24H2,1-2H3,(H,27,28,29)/t12-,14+/m1/s1. The summed E-state index contributed by atoms with van der Waals surface area (Å²) < 4.78 is 2.79. The molecule has 1 aliphatic heterocycles. The van der Waals surface area contributed by atoms with Crippen molar-refractivity contribution in [2.24, 2.45) is 18.7 Å². The van der Waals surface area contributed by atoms with Gasteiger partial charge >= 0.3 is 0 Å². The number of aromatic amines is 1. The summed E-state index contributed by atoms with van der Waals surface area (Å²) in [5.41, 5.74) is 10.9. The molecule has 5 heterocycles. The molecule has 9 nitrogen and oxygen atoms in total. The molecule has 1 aromatic carbocycles. The molecule has 0 unspecified atom stereocenters. The molecule has 2 atom stereocenters. The monoisotopic (exact) mass is 479 g/mol. The minimum atomic E-state index is 0.261. The molecule has 1 saturated heterocycles. The second kappa shape index (κ2) is 7.75. The SMILES string of the molecule is Cc1nc2ccc(-c3[nH]nc4nc(N5C[C@@H](CN)[C@@H](c6ccn(C)n6)C5)cnc34)c(Cl)c2s1. The molecule has 6 rings (SSSR count). The number of aryl methyl sites for hydroxylation is 2. The molecular formula is C22H22ClN9S. The van der Waals surface area contributed by atoms with Gasteiger partial charge < -0.3 is 10.6 Å².